The molecule has 2 aliphatic rings. The highest BCUT2D eigenvalue weighted by Gasteiger charge is 2.54. The van der Waals surface area contributed by atoms with Gasteiger partial charge < -0.3 is 5.73 Å². The molecule has 0 saturated heterocycles. The topological polar surface area (TPSA) is 56.7 Å². The molecule has 2 saturated carbocycles. The maximum absolute atomic E-state index is 6.39. The fourth-order valence-corrected chi connectivity index (χ4v) is 2.96. The van der Waals surface area contributed by atoms with Crippen molar-refractivity contribution in [2.24, 2.45) is 24.6 Å². The van der Waals surface area contributed by atoms with E-state index in [1.54, 1.807) is 0 Å². The van der Waals surface area contributed by atoms with Gasteiger partial charge in [-0.15, -0.1) is 0 Å². The number of nitrogens with zero attached hydrogens (tertiary/aromatic N) is 3. The van der Waals surface area contributed by atoms with E-state index < -0.39 is 0 Å². The standard InChI is InChI=1S/C10H16N4/c1-6-12-9(14(2)13-6)10(11)4-7-3-8(7)5-10/h7-8H,3-5,11H2,1-2H3. The van der Waals surface area contributed by atoms with Gasteiger partial charge in [-0.1, -0.05) is 0 Å². The van der Waals surface area contributed by atoms with E-state index in [2.05, 4.69) is 10.1 Å². The molecule has 1 heterocycles. The van der Waals surface area contributed by atoms with Crippen molar-refractivity contribution in [3.8, 4) is 0 Å². The zero-order valence-electron chi connectivity index (χ0n) is 8.70. The molecule has 4 nitrogen and oxygen atoms in total. The molecular weight excluding hydrogens is 176 g/mol. The summed E-state index contributed by atoms with van der Waals surface area (Å²) in [6.07, 6.45) is 3.59. The lowest BCUT2D eigenvalue weighted by Crippen LogP contribution is -2.37. The first-order chi connectivity index (χ1) is 6.58. The van der Waals surface area contributed by atoms with Gasteiger partial charge in [-0.25, -0.2) is 4.98 Å². The summed E-state index contributed by atoms with van der Waals surface area (Å²) in [5, 5.41) is 4.27. The van der Waals surface area contributed by atoms with Crippen molar-refractivity contribution in [3.63, 3.8) is 0 Å². The second-order valence-electron chi connectivity index (χ2n) is 4.93. The number of nitrogens with two attached hydrogens (primary N) is 1. The van der Waals surface area contributed by atoms with Crippen LogP contribution < -0.4 is 5.73 Å². The summed E-state index contributed by atoms with van der Waals surface area (Å²) in [6.45, 7) is 1.92. The van der Waals surface area contributed by atoms with Crippen LogP contribution in [0.25, 0.3) is 0 Å². The van der Waals surface area contributed by atoms with Crippen LogP contribution in [-0.4, -0.2) is 14.8 Å². The molecule has 1 aromatic heterocycles. The average molecular weight is 192 g/mol. The van der Waals surface area contributed by atoms with Crippen LogP contribution in [0.15, 0.2) is 0 Å². The Labute approximate surface area is 83.5 Å². The number of aromatic nitrogens is 3. The van der Waals surface area contributed by atoms with Gasteiger partial charge in [-0.2, -0.15) is 5.10 Å². The van der Waals surface area contributed by atoms with Gasteiger partial charge in [0, 0.05) is 7.05 Å². The average Bonchev–Trinajstić information content (AvgIpc) is 2.55. The molecule has 2 unspecified atom stereocenters. The molecule has 0 aliphatic heterocycles. The number of fused-ring (bicyclic) bond motifs is 1. The summed E-state index contributed by atoms with van der Waals surface area (Å²) in [4.78, 5) is 4.45. The van der Waals surface area contributed by atoms with E-state index in [4.69, 9.17) is 5.73 Å². The van der Waals surface area contributed by atoms with Crippen LogP contribution in [0.5, 0.6) is 0 Å². The Kier molecular flexibility index (Phi) is 1.42. The Morgan fingerprint density at radius 2 is 2.07 bits per heavy atom. The molecular formula is C10H16N4. The molecule has 0 amide bonds. The molecule has 0 bridgehead atoms. The summed E-state index contributed by atoms with van der Waals surface area (Å²) >= 11 is 0. The van der Waals surface area contributed by atoms with Crippen LogP contribution in [0.2, 0.25) is 0 Å². The molecule has 2 atom stereocenters. The molecule has 14 heavy (non-hydrogen) atoms. The first-order valence-electron chi connectivity index (χ1n) is 5.25. The van der Waals surface area contributed by atoms with Crippen molar-refractivity contribution in [1.29, 1.82) is 0 Å². The third-order valence-corrected chi connectivity index (χ3v) is 3.64. The Hall–Kier alpha value is -0.900. The lowest BCUT2D eigenvalue weighted by molar-refractivity contribution is 0.370. The number of aryl methyl sites for hydroxylation is 2. The minimum atomic E-state index is -0.191. The van der Waals surface area contributed by atoms with Crippen molar-refractivity contribution in [2.75, 3.05) is 0 Å². The van der Waals surface area contributed by atoms with Gasteiger partial charge in [0.25, 0.3) is 0 Å². The van der Waals surface area contributed by atoms with Gasteiger partial charge in [0.2, 0.25) is 0 Å². The summed E-state index contributed by atoms with van der Waals surface area (Å²) in [7, 11) is 1.94. The SMILES string of the molecule is Cc1nc(C2(N)CC3CC3C2)n(C)n1. The lowest BCUT2D eigenvalue weighted by atomic mass is 9.93. The highest BCUT2D eigenvalue weighted by molar-refractivity contribution is 5.16. The predicted molar refractivity (Wildman–Crippen MR) is 52.4 cm³/mol. The fourth-order valence-electron chi connectivity index (χ4n) is 2.96. The zero-order chi connectivity index (χ0) is 9.92. The van der Waals surface area contributed by atoms with E-state index in [1.165, 1.54) is 6.42 Å². The van der Waals surface area contributed by atoms with Crippen LogP contribution in [0.1, 0.15) is 30.9 Å². The fraction of sp³-hybridized carbons (Fsp3) is 0.800. The van der Waals surface area contributed by atoms with Crippen LogP contribution in [0.4, 0.5) is 0 Å². The van der Waals surface area contributed by atoms with E-state index in [0.717, 1.165) is 36.3 Å². The minimum Gasteiger partial charge on any atom is -0.319 e. The van der Waals surface area contributed by atoms with Crippen molar-refractivity contribution in [3.05, 3.63) is 11.6 Å². The van der Waals surface area contributed by atoms with E-state index in [-0.39, 0.29) is 5.54 Å². The largest absolute Gasteiger partial charge is 0.319 e. The molecule has 0 spiro atoms. The Bertz CT molecular complexity index is 371. The smallest absolute Gasteiger partial charge is 0.147 e. The number of rotatable bonds is 1. The molecule has 2 fully saturated rings. The summed E-state index contributed by atoms with van der Waals surface area (Å²) in [6, 6.07) is 0. The zero-order valence-corrected chi connectivity index (χ0v) is 8.70. The van der Waals surface area contributed by atoms with E-state index in [9.17, 15) is 0 Å². The van der Waals surface area contributed by atoms with Gasteiger partial charge in [0.05, 0.1) is 5.54 Å². The van der Waals surface area contributed by atoms with Crippen molar-refractivity contribution in [2.45, 2.75) is 31.7 Å². The van der Waals surface area contributed by atoms with Gasteiger partial charge in [0.1, 0.15) is 11.6 Å². The molecule has 2 aliphatic carbocycles. The minimum absolute atomic E-state index is 0.191. The summed E-state index contributed by atoms with van der Waals surface area (Å²) in [5.41, 5.74) is 6.20. The van der Waals surface area contributed by atoms with Gasteiger partial charge >= 0.3 is 0 Å². The molecule has 2 N–H and O–H groups in total. The monoisotopic (exact) mass is 192 g/mol. The molecule has 0 aromatic carbocycles. The Balaban J connectivity index is 1.97. The van der Waals surface area contributed by atoms with Crippen molar-refractivity contribution in [1.82, 2.24) is 14.8 Å². The Morgan fingerprint density at radius 3 is 2.57 bits per heavy atom. The highest BCUT2D eigenvalue weighted by Crippen LogP contribution is 2.57. The van der Waals surface area contributed by atoms with Crippen LogP contribution in [0, 0.1) is 18.8 Å². The van der Waals surface area contributed by atoms with Crippen molar-refractivity contribution < 1.29 is 0 Å². The van der Waals surface area contributed by atoms with E-state index >= 15 is 0 Å². The molecule has 76 valence electrons. The molecule has 4 heteroatoms. The maximum atomic E-state index is 6.39. The Morgan fingerprint density at radius 1 is 1.43 bits per heavy atom. The van der Waals surface area contributed by atoms with Gasteiger partial charge in [-0.05, 0) is 38.0 Å². The maximum Gasteiger partial charge on any atom is 0.147 e. The van der Waals surface area contributed by atoms with E-state index in [0.29, 0.717) is 0 Å². The number of hydrogen-bond donors (Lipinski definition) is 1. The highest BCUT2D eigenvalue weighted by atomic mass is 15.3. The normalized spacial score (nSPS) is 39.9. The summed E-state index contributed by atoms with van der Waals surface area (Å²) < 4.78 is 1.85. The first-order valence-corrected chi connectivity index (χ1v) is 5.25. The van der Waals surface area contributed by atoms with E-state index in [1.807, 2.05) is 18.7 Å². The van der Waals surface area contributed by atoms with Crippen molar-refractivity contribution >= 4 is 0 Å². The third kappa shape index (κ3) is 1.03. The molecule has 0 radical (unpaired) electrons. The van der Waals surface area contributed by atoms with Gasteiger partial charge in [0.15, 0.2) is 0 Å². The van der Waals surface area contributed by atoms with Crippen LogP contribution in [-0.2, 0) is 12.6 Å². The second-order valence-corrected chi connectivity index (χ2v) is 4.93. The lowest BCUT2D eigenvalue weighted by Gasteiger charge is -2.24. The van der Waals surface area contributed by atoms with Crippen LogP contribution >= 0.6 is 0 Å². The third-order valence-electron chi connectivity index (χ3n) is 3.64. The van der Waals surface area contributed by atoms with Gasteiger partial charge in [-0.3, -0.25) is 4.68 Å². The van der Waals surface area contributed by atoms with Crippen LogP contribution in [0.3, 0.4) is 0 Å². The molecule has 1 aromatic rings. The molecule has 3 rings (SSSR count). The second kappa shape index (κ2) is 2.37. The quantitative estimate of drug-likeness (QED) is 0.713. The summed E-state index contributed by atoms with van der Waals surface area (Å²) in [5.74, 6) is 3.55. The first kappa shape index (κ1) is 8.41. The number of hydrogen-bond acceptors (Lipinski definition) is 3. The predicted octanol–water partition coefficient (Wildman–Crippen LogP) is 0.707.